The van der Waals surface area contributed by atoms with Gasteiger partial charge in [0.25, 0.3) is 11.5 Å². The fourth-order valence-electron chi connectivity index (χ4n) is 3.45. The minimum absolute atomic E-state index is 0.176. The summed E-state index contributed by atoms with van der Waals surface area (Å²) in [5, 5.41) is 3.70. The molecular weight excluding hydrogens is 316 g/mol. The topological polar surface area (TPSA) is 60.3 Å². The molecule has 1 N–H and O–H groups in total. The Kier molecular flexibility index (Phi) is 5.87. The van der Waals surface area contributed by atoms with E-state index < -0.39 is 0 Å². The molecule has 0 atom stereocenters. The Morgan fingerprint density at radius 1 is 1.24 bits per heavy atom. The lowest BCUT2D eigenvalue weighted by molar-refractivity contribution is 0.0273. The smallest absolute Gasteiger partial charge is 0.252 e. The molecule has 0 bridgehead atoms. The summed E-state index contributed by atoms with van der Waals surface area (Å²) in [7, 11) is 1.72. The van der Waals surface area contributed by atoms with Crippen molar-refractivity contribution < 1.29 is 9.53 Å². The summed E-state index contributed by atoms with van der Waals surface area (Å²) in [4.78, 5) is 24.6. The van der Waals surface area contributed by atoms with Crippen LogP contribution in [0.15, 0.2) is 35.1 Å². The zero-order valence-electron chi connectivity index (χ0n) is 14.8. The van der Waals surface area contributed by atoms with Crippen molar-refractivity contribution in [2.75, 3.05) is 13.2 Å². The number of hydrogen-bond acceptors (Lipinski definition) is 3. The van der Waals surface area contributed by atoms with Gasteiger partial charge in [0.2, 0.25) is 0 Å². The molecule has 25 heavy (non-hydrogen) atoms. The average molecular weight is 342 g/mol. The largest absolute Gasteiger partial charge is 0.378 e. The number of nitrogens with one attached hydrogen (secondary N) is 1. The number of hydrogen-bond donors (Lipinski definition) is 1. The first-order valence-electron chi connectivity index (χ1n) is 9.15. The van der Waals surface area contributed by atoms with Crippen molar-refractivity contribution in [3.8, 4) is 0 Å². The molecule has 5 heteroatoms. The number of amides is 1. The quantitative estimate of drug-likeness (QED) is 0.821. The van der Waals surface area contributed by atoms with E-state index in [1.807, 2.05) is 24.3 Å². The highest BCUT2D eigenvalue weighted by atomic mass is 16.5. The Hall–Kier alpha value is -2.14. The number of fused-ring (bicyclic) bond motifs is 1. The van der Waals surface area contributed by atoms with E-state index in [2.05, 4.69) is 5.32 Å². The fourth-order valence-corrected chi connectivity index (χ4v) is 3.45. The van der Waals surface area contributed by atoms with Crippen molar-refractivity contribution in [3.05, 3.63) is 46.2 Å². The van der Waals surface area contributed by atoms with Crippen LogP contribution in [0.4, 0.5) is 0 Å². The van der Waals surface area contributed by atoms with Crippen molar-refractivity contribution >= 4 is 16.8 Å². The molecule has 1 aliphatic rings. The number of para-hydroxylation sites is 1. The summed E-state index contributed by atoms with van der Waals surface area (Å²) >= 11 is 0. The molecule has 0 radical (unpaired) electrons. The van der Waals surface area contributed by atoms with Gasteiger partial charge in [0.1, 0.15) is 0 Å². The first kappa shape index (κ1) is 17.7. The Balaban J connectivity index is 1.56. The van der Waals surface area contributed by atoms with Crippen LogP contribution < -0.4 is 10.9 Å². The lowest BCUT2D eigenvalue weighted by atomic mass is 9.98. The van der Waals surface area contributed by atoms with Crippen molar-refractivity contribution in [2.24, 2.45) is 7.05 Å². The Morgan fingerprint density at radius 2 is 2.00 bits per heavy atom. The second-order valence-corrected chi connectivity index (χ2v) is 6.71. The molecule has 134 valence electrons. The standard InChI is InChI=1S/C20H26N2O3/c1-22-18-11-6-5-10-16(18)17(14-19(22)23)20(24)21-12-7-13-25-15-8-3-2-4-9-15/h5-6,10-11,14-15H,2-4,7-9,12-13H2,1H3,(H,21,24). The van der Waals surface area contributed by atoms with Crippen LogP contribution in [-0.4, -0.2) is 29.7 Å². The number of benzene rings is 1. The van der Waals surface area contributed by atoms with Crippen LogP contribution in [0.2, 0.25) is 0 Å². The maximum Gasteiger partial charge on any atom is 0.252 e. The predicted octanol–water partition coefficient (Wildman–Crippen LogP) is 3.01. The van der Waals surface area contributed by atoms with Gasteiger partial charge in [-0.2, -0.15) is 0 Å². The Bertz CT molecular complexity index is 791. The lowest BCUT2D eigenvalue weighted by Gasteiger charge is -2.21. The second kappa shape index (κ2) is 8.30. The molecule has 1 aromatic heterocycles. The van der Waals surface area contributed by atoms with Gasteiger partial charge in [-0.15, -0.1) is 0 Å². The summed E-state index contributed by atoms with van der Waals surface area (Å²) < 4.78 is 7.43. The Morgan fingerprint density at radius 3 is 2.80 bits per heavy atom. The number of carbonyl (C=O) groups is 1. The van der Waals surface area contributed by atoms with Gasteiger partial charge < -0.3 is 14.6 Å². The summed E-state index contributed by atoms with van der Waals surface area (Å²) in [6.45, 7) is 1.22. The van der Waals surface area contributed by atoms with Crippen LogP contribution in [-0.2, 0) is 11.8 Å². The number of nitrogens with zero attached hydrogens (tertiary/aromatic N) is 1. The predicted molar refractivity (Wildman–Crippen MR) is 99.0 cm³/mol. The number of ether oxygens (including phenoxy) is 1. The maximum atomic E-state index is 12.5. The third-order valence-corrected chi connectivity index (χ3v) is 4.91. The van der Waals surface area contributed by atoms with E-state index in [0.29, 0.717) is 24.8 Å². The SMILES string of the molecule is Cn1c(=O)cc(C(=O)NCCCOC2CCCCC2)c2ccccc21. The average Bonchev–Trinajstić information content (AvgIpc) is 2.65. The van der Waals surface area contributed by atoms with Crippen LogP contribution in [0.1, 0.15) is 48.9 Å². The molecule has 1 aliphatic carbocycles. The highest BCUT2D eigenvalue weighted by Gasteiger charge is 2.14. The lowest BCUT2D eigenvalue weighted by Crippen LogP contribution is -2.28. The second-order valence-electron chi connectivity index (χ2n) is 6.71. The van der Waals surface area contributed by atoms with Crippen LogP contribution in [0.5, 0.6) is 0 Å². The van der Waals surface area contributed by atoms with E-state index >= 15 is 0 Å². The van der Waals surface area contributed by atoms with E-state index in [1.165, 1.54) is 25.3 Å². The van der Waals surface area contributed by atoms with Crippen LogP contribution in [0.3, 0.4) is 0 Å². The van der Waals surface area contributed by atoms with Gasteiger partial charge in [-0.1, -0.05) is 37.5 Å². The van der Waals surface area contributed by atoms with Gasteiger partial charge in [0.15, 0.2) is 0 Å². The molecule has 1 aromatic carbocycles. The van der Waals surface area contributed by atoms with E-state index in [4.69, 9.17) is 4.74 Å². The van der Waals surface area contributed by atoms with Crippen molar-refractivity contribution in [1.29, 1.82) is 0 Å². The van der Waals surface area contributed by atoms with E-state index in [-0.39, 0.29) is 11.5 Å². The molecule has 1 heterocycles. The van der Waals surface area contributed by atoms with Crippen LogP contribution >= 0.6 is 0 Å². The molecule has 0 spiro atoms. The first-order valence-corrected chi connectivity index (χ1v) is 9.15. The molecule has 3 rings (SSSR count). The van der Waals surface area contributed by atoms with Crippen molar-refractivity contribution in [3.63, 3.8) is 0 Å². The number of pyridine rings is 1. The normalized spacial score (nSPS) is 15.4. The van der Waals surface area contributed by atoms with Crippen molar-refractivity contribution in [1.82, 2.24) is 9.88 Å². The van der Waals surface area contributed by atoms with Gasteiger partial charge in [-0.3, -0.25) is 9.59 Å². The summed E-state index contributed by atoms with van der Waals surface area (Å²) in [6.07, 6.45) is 7.34. The van der Waals surface area contributed by atoms with Gasteiger partial charge in [-0.05, 0) is 25.3 Å². The van der Waals surface area contributed by atoms with Gasteiger partial charge in [-0.25, -0.2) is 0 Å². The molecule has 0 saturated heterocycles. The number of aryl methyl sites for hydroxylation is 1. The first-order chi connectivity index (χ1) is 12.2. The van der Waals surface area contributed by atoms with E-state index in [9.17, 15) is 9.59 Å². The zero-order valence-corrected chi connectivity index (χ0v) is 14.8. The number of carbonyl (C=O) groups excluding carboxylic acids is 1. The highest BCUT2D eigenvalue weighted by Crippen LogP contribution is 2.20. The molecule has 1 saturated carbocycles. The molecular formula is C20H26N2O3. The summed E-state index contributed by atoms with van der Waals surface area (Å²) in [5.74, 6) is -0.202. The third kappa shape index (κ3) is 4.28. The van der Waals surface area contributed by atoms with E-state index in [1.54, 1.807) is 11.6 Å². The van der Waals surface area contributed by atoms with Crippen LogP contribution in [0, 0.1) is 0 Å². The summed E-state index contributed by atoms with van der Waals surface area (Å²) in [6, 6.07) is 8.88. The maximum absolute atomic E-state index is 12.5. The minimum Gasteiger partial charge on any atom is -0.378 e. The van der Waals surface area contributed by atoms with Gasteiger partial charge >= 0.3 is 0 Å². The molecule has 0 aliphatic heterocycles. The minimum atomic E-state index is -0.202. The third-order valence-electron chi connectivity index (χ3n) is 4.91. The number of aromatic nitrogens is 1. The molecule has 2 aromatic rings. The molecule has 1 fully saturated rings. The van der Waals surface area contributed by atoms with Gasteiger partial charge in [0.05, 0.1) is 17.2 Å². The molecule has 0 unspecified atom stereocenters. The monoisotopic (exact) mass is 342 g/mol. The van der Waals surface area contributed by atoms with E-state index in [0.717, 1.165) is 30.2 Å². The highest BCUT2D eigenvalue weighted by molar-refractivity contribution is 6.06. The van der Waals surface area contributed by atoms with Crippen molar-refractivity contribution in [2.45, 2.75) is 44.6 Å². The summed E-state index contributed by atoms with van der Waals surface area (Å²) in [5.41, 5.74) is 1.03. The zero-order chi connectivity index (χ0) is 17.6. The number of rotatable bonds is 6. The van der Waals surface area contributed by atoms with Gasteiger partial charge in [0, 0.05) is 31.7 Å². The van der Waals surface area contributed by atoms with Crippen LogP contribution in [0.25, 0.3) is 10.9 Å². The Labute approximate surface area is 148 Å². The molecule has 1 amide bonds. The molecule has 5 nitrogen and oxygen atoms in total. The fraction of sp³-hybridized carbons (Fsp3) is 0.500.